The van der Waals surface area contributed by atoms with Gasteiger partial charge in [0.25, 0.3) is 0 Å². The van der Waals surface area contributed by atoms with Gasteiger partial charge in [-0.15, -0.1) is 0 Å². The molecule has 0 amide bonds. The van der Waals surface area contributed by atoms with Gasteiger partial charge in [0, 0.05) is 30.5 Å². The van der Waals surface area contributed by atoms with Gasteiger partial charge in [-0.3, -0.25) is 0 Å². The molecule has 19 heavy (non-hydrogen) atoms. The van der Waals surface area contributed by atoms with Gasteiger partial charge in [0.05, 0.1) is 0 Å². The number of rotatable bonds is 5. The Hall–Kier alpha value is -1.61. The van der Waals surface area contributed by atoms with Crippen LogP contribution in [0.15, 0.2) is 42.7 Å². The van der Waals surface area contributed by atoms with Crippen LogP contribution in [0.25, 0.3) is 0 Å². The fourth-order valence-corrected chi connectivity index (χ4v) is 2.45. The van der Waals surface area contributed by atoms with E-state index in [2.05, 4.69) is 31.4 Å². The van der Waals surface area contributed by atoms with Crippen LogP contribution in [0, 0.1) is 11.7 Å². The van der Waals surface area contributed by atoms with Gasteiger partial charge in [0.15, 0.2) is 0 Å². The minimum atomic E-state index is -0.147. The summed E-state index contributed by atoms with van der Waals surface area (Å²) in [5.74, 6) is 0.376. The molecule has 1 atom stereocenters. The summed E-state index contributed by atoms with van der Waals surface area (Å²) in [7, 11) is 1.97. The second-order valence-corrected chi connectivity index (χ2v) is 5.22. The first-order valence-corrected chi connectivity index (χ1v) is 6.68. The van der Waals surface area contributed by atoms with Crippen LogP contribution in [0.5, 0.6) is 0 Å². The normalized spacial score (nSPS) is 12.9. The second kappa shape index (κ2) is 6.02. The van der Waals surface area contributed by atoms with E-state index in [4.69, 9.17) is 0 Å². The molecule has 0 radical (unpaired) electrons. The number of hydrogen-bond acceptors (Lipinski definition) is 1. The predicted octanol–water partition coefficient (Wildman–Crippen LogP) is 3.59. The van der Waals surface area contributed by atoms with Crippen molar-refractivity contribution in [1.29, 1.82) is 0 Å². The van der Waals surface area contributed by atoms with Crippen LogP contribution in [0.2, 0.25) is 0 Å². The number of hydrogen-bond donors (Lipinski definition) is 1. The Morgan fingerprint density at radius 2 is 1.95 bits per heavy atom. The first-order valence-electron chi connectivity index (χ1n) is 6.68. The molecule has 2 aromatic rings. The number of benzene rings is 1. The maximum Gasteiger partial charge on any atom is 0.128 e. The van der Waals surface area contributed by atoms with Gasteiger partial charge < -0.3 is 9.88 Å². The molecule has 1 unspecified atom stereocenters. The van der Waals surface area contributed by atoms with Gasteiger partial charge in [0.2, 0.25) is 0 Å². The minimum Gasteiger partial charge on any atom is -0.349 e. The molecule has 102 valence electrons. The van der Waals surface area contributed by atoms with E-state index in [1.54, 1.807) is 6.07 Å². The molecule has 1 aromatic carbocycles. The van der Waals surface area contributed by atoms with Crippen molar-refractivity contribution < 1.29 is 4.39 Å². The van der Waals surface area contributed by atoms with Crippen LogP contribution < -0.4 is 5.32 Å². The SMILES string of the molecule is CNC(c1ccn(Cc2ccccc2F)c1)C(C)C. The highest BCUT2D eigenvalue weighted by Crippen LogP contribution is 2.22. The lowest BCUT2D eigenvalue weighted by atomic mass is 9.99. The first kappa shape index (κ1) is 13.8. The Morgan fingerprint density at radius 1 is 1.21 bits per heavy atom. The second-order valence-electron chi connectivity index (χ2n) is 5.22. The molecule has 0 fully saturated rings. The first-order chi connectivity index (χ1) is 9.11. The van der Waals surface area contributed by atoms with Crippen LogP contribution in [0.1, 0.15) is 31.0 Å². The molecule has 2 nitrogen and oxygen atoms in total. The number of nitrogens with one attached hydrogen (secondary N) is 1. The summed E-state index contributed by atoms with van der Waals surface area (Å²) in [6, 6.07) is 9.35. The third-order valence-electron chi connectivity index (χ3n) is 3.42. The molecular formula is C16H21FN2. The molecule has 0 aliphatic carbocycles. The Bertz CT molecular complexity index is 531. The zero-order valence-electron chi connectivity index (χ0n) is 11.7. The average Bonchev–Trinajstić information content (AvgIpc) is 2.81. The lowest BCUT2D eigenvalue weighted by Gasteiger charge is -2.18. The fraction of sp³-hybridized carbons (Fsp3) is 0.375. The summed E-state index contributed by atoms with van der Waals surface area (Å²) < 4.78 is 15.6. The molecule has 0 bridgehead atoms. The summed E-state index contributed by atoms with van der Waals surface area (Å²) in [6.07, 6.45) is 4.10. The minimum absolute atomic E-state index is 0.147. The smallest absolute Gasteiger partial charge is 0.128 e. The molecule has 1 aromatic heterocycles. The fourth-order valence-electron chi connectivity index (χ4n) is 2.45. The highest BCUT2D eigenvalue weighted by molar-refractivity contribution is 5.21. The Labute approximate surface area is 114 Å². The maximum absolute atomic E-state index is 13.6. The van der Waals surface area contributed by atoms with E-state index in [9.17, 15) is 4.39 Å². The van der Waals surface area contributed by atoms with E-state index < -0.39 is 0 Å². The molecule has 0 aliphatic rings. The summed E-state index contributed by atoms with van der Waals surface area (Å²) in [5.41, 5.74) is 1.96. The summed E-state index contributed by atoms with van der Waals surface area (Å²) >= 11 is 0. The third-order valence-corrected chi connectivity index (χ3v) is 3.42. The van der Waals surface area contributed by atoms with E-state index in [1.807, 2.05) is 29.9 Å². The largest absolute Gasteiger partial charge is 0.349 e. The number of halogens is 1. The third kappa shape index (κ3) is 3.24. The Morgan fingerprint density at radius 3 is 2.58 bits per heavy atom. The molecule has 2 rings (SSSR count). The molecular weight excluding hydrogens is 239 g/mol. The van der Waals surface area contributed by atoms with Crippen LogP contribution in [-0.4, -0.2) is 11.6 Å². The van der Waals surface area contributed by atoms with Gasteiger partial charge >= 0.3 is 0 Å². The maximum atomic E-state index is 13.6. The molecule has 1 N–H and O–H groups in total. The predicted molar refractivity (Wildman–Crippen MR) is 76.6 cm³/mol. The van der Waals surface area contributed by atoms with Crippen molar-refractivity contribution in [3.8, 4) is 0 Å². The summed E-state index contributed by atoms with van der Waals surface area (Å²) in [6.45, 7) is 4.95. The Balaban J connectivity index is 2.16. The topological polar surface area (TPSA) is 17.0 Å². The van der Waals surface area contributed by atoms with Gasteiger partial charge in [-0.05, 0) is 30.7 Å². The molecule has 0 spiro atoms. The van der Waals surface area contributed by atoms with E-state index >= 15 is 0 Å². The monoisotopic (exact) mass is 260 g/mol. The van der Waals surface area contributed by atoms with Gasteiger partial charge in [-0.1, -0.05) is 32.0 Å². The van der Waals surface area contributed by atoms with Crippen LogP contribution in [0.3, 0.4) is 0 Å². The van der Waals surface area contributed by atoms with Crippen molar-refractivity contribution in [2.45, 2.75) is 26.4 Å². The summed E-state index contributed by atoms with van der Waals surface area (Å²) in [4.78, 5) is 0. The quantitative estimate of drug-likeness (QED) is 0.869. The highest BCUT2D eigenvalue weighted by atomic mass is 19.1. The van der Waals surface area contributed by atoms with Gasteiger partial charge in [0.1, 0.15) is 5.82 Å². The van der Waals surface area contributed by atoms with Crippen LogP contribution in [0.4, 0.5) is 4.39 Å². The lowest BCUT2D eigenvalue weighted by molar-refractivity contribution is 0.442. The van der Waals surface area contributed by atoms with Crippen molar-refractivity contribution in [1.82, 2.24) is 9.88 Å². The molecule has 1 heterocycles. The standard InChI is InChI=1S/C16H21FN2/c1-12(2)16(18-3)14-8-9-19(11-14)10-13-6-4-5-7-15(13)17/h4-9,11-12,16,18H,10H2,1-3H3. The zero-order valence-corrected chi connectivity index (χ0v) is 11.7. The van der Waals surface area contributed by atoms with E-state index in [1.165, 1.54) is 11.6 Å². The van der Waals surface area contributed by atoms with Crippen molar-refractivity contribution in [2.24, 2.45) is 5.92 Å². The van der Waals surface area contributed by atoms with Gasteiger partial charge in [-0.2, -0.15) is 0 Å². The zero-order chi connectivity index (χ0) is 13.8. The summed E-state index contributed by atoms with van der Waals surface area (Å²) in [5, 5.41) is 3.32. The number of nitrogens with zero attached hydrogens (tertiary/aromatic N) is 1. The molecule has 0 aliphatic heterocycles. The highest BCUT2D eigenvalue weighted by Gasteiger charge is 2.14. The van der Waals surface area contributed by atoms with Crippen LogP contribution in [-0.2, 0) is 6.54 Å². The van der Waals surface area contributed by atoms with Gasteiger partial charge in [-0.25, -0.2) is 4.39 Å². The molecule has 0 saturated carbocycles. The molecule has 3 heteroatoms. The van der Waals surface area contributed by atoms with Crippen LogP contribution >= 0.6 is 0 Å². The van der Waals surface area contributed by atoms with Crippen molar-refractivity contribution in [3.05, 3.63) is 59.7 Å². The molecule has 0 saturated heterocycles. The van der Waals surface area contributed by atoms with E-state index in [0.717, 1.165) is 5.56 Å². The van der Waals surface area contributed by atoms with E-state index in [0.29, 0.717) is 18.5 Å². The average molecular weight is 260 g/mol. The van der Waals surface area contributed by atoms with Crippen molar-refractivity contribution >= 4 is 0 Å². The number of aromatic nitrogens is 1. The lowest BCUT2D eigenvalue weighted by Crippen LogP contribution is -2.21. The Kier molecular flexibility index (Phi) is 4.38. The van der Waals surface area contributed by atoms with E-state index in [-0.39, 0.29) is 5.82 Å². The van der Waals surface area contributed by atoms with Crippen molar-refractivity contribution in [3.63, 3.8) is 0 Å². The van der Waals surface area contributed by atoms with Crippen molar-refractivity contribution in [2.75, 3.05) is 7.05 Å².